The monoisotopic (exact) mass is 583 g/mol. The molecule has 7 nitrogen and oxygen atoms in total. The molecule has 2 amide bonds. The van der Waals surface area contributed by atoms with E-state index >= 15 is 0 Å². The number of hydrogen-bond acceptors (Lipinski definition) is 4. The van der Waals surface area contributed by atoms with Gasteiger partial charge >= 0.3 is 0 Å². The number of nitrogens with zero attached hydrogens (tertiary/aromatic N) is 2. The molecule has 9 heteroatoms. The second-order valence-electron chi connectivity index (χ2n) is 9.94. The highest BCUT2D eigenvalue weighted by Gasteiger charge is 2.34. The van der Waals surface area contributed by atoms with E-state index in [0.29, 0.717) is 34.8 Å². The molecule has 0 fully saturated rings. The average molecular weight is 584 g/mol. The first-order chi connectivity index (χ1) is 19.0. The van der Waals surface area contributed by atoms with E-state index in [1.807, 2.05) is 52.8 Å². The Hall–Kier alpha value is -3.36. The highest BCUT2D eigenvalue weighted by molar-refractivity contribution is 7.92. The Morgan fingerprint density at radius 1 is 0.925 bits per heavy atom. The molecule has 1 N–H and O–H groups in total. The van der Waals surface area contributed by atoms with Gasteiger partial charge in [-0.1, -0.05) is 79.0 Å². The molecule has 0 aliphatic carbocycles. The van der Waals surface area contributed by atoms with Crippen LogP contribution in [0.5, 0.6) is 0 Å². The van der Waals surface area contributed by atoms with Crippen LogP contribution >= 0.6 is 11.6 Å². The number of rotatable bonds is 12. The topological polar surface area (TPSA) is 86.8 Å². The quantitative estimate of drug-likeness (QED) is 0.292. The second kappa shape index (κ2) is 13.8. The van der Waals surface area contributed by atoms with Crippen LogP contribution < -0.4 is 9.62 Å². The number of aryl methyl sites for hydroxylation is 3. The van der Waals surface area contributed by atoms with Crippen molar-refractivity contribution >= 4 is 39.1 Å². The summed E-state index contributed by atoms with van der Waals surface area (Å²) in [5.74, 6) is -0.793. The molecule has 0 aromatic heterocycles. The molecule has 1 unspecified atom stereocenters. The summed E-state index contributed by atoms with van der Waals surface area (Å²) in [4.78, 5) is 28.8. The van der Waals surface area contributed by atoms with E-state index in [4.69, 9.17) is 11.6 Å². The molecule has 214 valence electrons. The Morgan fingerprint density at radius 3 is 2.17 bits per heavy atom. The SMILES string of the molecule is CCCNC(=O)C(CC)N(Cc1ccccc1Cl)C(=O)CN(c1ccc(C)cc1C)S(=O)(=O)c1ccc(C)cc1. The zero-order chi connectivity index (χ0) is 29.4. The van der Waals surface area contributed by atoms with Crippen LogP contribution in [0.4, 0.5) is 5.69 Å². The van der Waals surface area contributed by atoms with E-state index in [1.54, 1.807) is 48.5 Å². The minimum Gasteiger partial charge on any atom is -0.354 e. The van der Waals surface area contributed by atoms with Crippen LogP contribution in [0.25, 0.3) is 0 Å². The van der Waals surface area contributed by atoms with Crippen molar-refractivity contribution in [1.82, 2.24) is 10.2 Å². The zero-order valence-corrected chi connectivity index (χ0v) is 25.3. The molecule has 3 rings (SSSR count). The fourth-order valence-electron chi connectivity index (χ4n) is 4.53. The van der Waals surface area contributed by atoms with Crippen LogP contribution in [0.2, 0.25) is 5.02 Å². The van der Waals surface area contributed by atoms with Gasteiger partial charge in [-0.15, -0.1) is 0 Å². The summed E-state index contributed by atoms with van der Waals surface area (Å²) < 4.78 is 29.2. The van der Waals surface area contributed by atoms with Gasteiger partial charge in [0, 0.05) is 18.1 Å². The zero-order valence-electron chi connectivity index (χ0n) is 23.8. The van der Waals surface area contributed by atoms with Gasteiger partial charge < -0.3 is 10.2 Å². The van der Waals surface area contributed by atoms with Crippen molar-refractivity contribution in [2.75, 3.05) is 17.4 Å². The maximum atomic E-state index is 14.1. The number of anilines is 1. The van der Waals surface area contributed by atoms with Crippen LogP contribution in [0, 0.1) is 20.8 Å². The lowest BCUT2D eigenvalue weighted by Gasteiger charge is -2.33. The minimum absolute atomic E-state index is 0.0574. The number of benzene rings is 3. The van der Waals surface area contributed by atoms with Gasteiger partial charge in [-0.2, -0.15) is 0 Å². The van der Waals surface area contributed by atoms with Crippen molar-refractivity contribution in [1.29, 1.82) is 0 Å². The van der Waals surface area contributed by atoms with Gasteiger partial charge in [-0.05, 0) is 69.0 Å². The lowest BCUT2D eigenvalue weighted by atomic mass is 10.1. The number of carbonyl (C=O) groups excluding carboxylic acids is 2. The van der Waals surface area contributed by atoms with Crippen LogP contribution in [0.3, 0.4) is 0 Å². The first-order valence-electron chi connectivity index (χ1n) is 13.5. The predicted molar refractivity (Wildman–Crippen MR) is 161 cm³/mol. The fourth-order valence-corrected chi connectivity index (χ4v) is 6.21. The predicted octanol–water partition coefficient (Wildman–Crippen LogP) is 5.79. The van der Waals surface area contributed by atoms with E-state index in [2.05, 4.69) is 5.32 Å². The van der Waals surface area contributed by atoms with Gasteiger partial charge in [0.2, 0.25) is 11.8 Å². The maximum absolute atomic E-state index is 14.1. The summed E-state index contributed by atoms with van der Waals surface area (Å²) in [6.45, 7) is 9.44. The molecule has 0 aliphatic heterocycles. The van der Waals surface area contributed by atoms with Crippen molar-refractivity contribution in [2.24, 2.45) is 0 Å². The Balaban J connectivity index is 2.10. The molecule has 0 spiro atoms. The highest BCUT2D eigenvalue weighted by atomic mass is 35.5. The Labute approximate surface area is 243 Å². The molecule has 0 radical (unpaired) electrons. The third kappa shape index (κ3) is 7.43. The van der Waals surface area contributed by atoms with Gasteiger partial charge in [0.05, 0.1) is 10.6 Å². The van der Waals surface area contributed by atoms with E-state index in [-0.39, 0.29) is 17.3 Å². The molecular formula is C31H38ClN3O4S. The van der Waals surface area contributed by atoms with Crippen LogP contribution in [0.15, 0.2) is 71.6 Å². The first kappa shape index (κ1) is 31.2. The molecule has 0 heterocycles. The van der Waals surface area contributed by atoms with Crippen molar-refractivity contribution in [3.63, 3.8) is 0 Å². The lowest BCUT2D eigenvalue weighted by Crippen LogP contribution is -2.52. The molecule has 0 saturated heterocycles. The summed E-state index contributed by atoms with van der Waals surface area (Å²) in [7, 11) is -4.12. The molecule has 0 saturated carbocycles. The molecule has 3 aromatic carbocycles. The van der Waals surface area contributed by atoms with Crippen molar-refractivity contribution < 1.29 is 18.0 Å². The number of halogens is 1. The Morgan fingerprint density at radius 2 is 1.57 bits per heavy atom. The summed E-state index contributed by atoms with van der Waals surface area (Å²) >= 11 is 6.44. The molecule has 0 aliphatic rings. The first-order valence-corrected chi connectivity index (χ1v) is 15.3. The van der Waals surface area contributed by atoms with E-state index < -0.39 is 28.5 Å². The number of nitrogens with one attached hydrogen (secondary N) is 1. The number of amides is 2. The molecule has 3 aromatic rings. The Bertz CT molecular complexity index is 1440. The Kier molecular flexibility index (Phi) is 10.8. The molecule has 1 atom stereocenters. The van der Waals surface area contributed by atoms with Crippen LogP contribution in [-0.2, 0) is 26.2 Å². The van der Waals surface area contributed by atoms with Crippen LogP contribution in [-0.4, -0.2) is 44.3 Å². The average Bonchev–Trinajstić information content (AvgIpc) is 2.92. The number of carbonyl (C=O) groups is 2. The molecular weight excluding hydrogens is 546 g/mol. The third-order valence-electron chi connectivity index (χ3n) is 6.74. The van der Waals surface area contributed by atoms with Gasteiger partial charge in [0.15, 0.2) is 0 Å². The summed E-state index contributed by atoms with van der Waals surface area (Å²) in [6, 6.07) is 18.3. The second-order valence-corrected chi connectivity index (χ2v) is 12.2. The lowest BCUT2D eigenvalue weighted by molar-refractivity contribution is -0.140. The summed E-state index contributed by atoms with van der Waals surface area (Å²) in [5.41, 5.74) is 3.68. The van der Waals surface area contributed by atoms with E-state index in [1.165, 1.54) is 4.90 Å². The largest absolute Gasteiger partial charge is 0.354 e. The maximum Gasteiger partial charge on any atom is 0.264 e. The highest BCUT2D eigenvalue weighted by Crippen LogP contribution is 2.29. The van der Waals surface area contributed by atoms with Crippen molar-refractivity contribution in [3.8, 4) is 0 Å². The number of hydrogen-bond donors (Lipinski definition) is 1. The van der Waals surface area contributed by atoms with Crippen molar-refractivity contribution in [2.45, 2.75) is 64.9 Å². The number of sulfonamides is 1. The van der Waals surface area contributed by atoms with Gasteiger partial charge in [-0.3, -0.25) is 13.9 Å². The molecule has 40 heavy (non-hydrogen) atoms. The fraction of sp³-hybridized carbons (Fsp3) is 0.355. The van der Waals surface area contributed by atoms with Gasteiger partial charge in [0.1, 0.15) is 12.6 Å². The minimum atomic E-state index is -4.12. The van der Waals surface area contributed by atoms with E-state index in [9.17, 15) is 18.0 Å². The molecule has 0 bridgehead atoms. The third-order valence-corrected chi connectivity index (χ3v) is 8.89. The summed E-state index contributed by atoms with van der Waals surface area (Å²) in [5, 5.41) is 3.34. The van der Waals surface area contributed by atoms with Crippen LogP contribution in [0.1, 0.15) is 48.9 Å². The van der Waals surface area contributed by atoms with Gasteiger partial charge in [-0.25, -0.2) is 8.42 Å². The smallest absolute Gasteiger partial charge is 0.264 e. The normalized spacial score (nSPS) is 12.1. The standard InChI is InChI=1S/C31H38ClN3O4S/c1-6-18-33-31(37)28(7-2)34(20-25-10-8-9-11-27(25)32)30(36)21-35(29-17-14-23(4)19-24(29)5)40(38,39)26-15-12-22(3)13-16-26/h8-17,19,28H,6-7,18,20-21H2,1-5H3,(H,33,37). The van der Waals surface area contributed by atoms with E-state index in [0.717, 1.165) is 21.9 Å². The van der Waals surface area contributed by atoms with Gasteiger partial charge in [0.25, 0.3) is 10.0 Å². The van der Waals surface area contributed by atoms with Crippen molar-refractivity contribution in [3.05, 3.63) is 94.0 Å². The summed E-state index contributed by atoms with van der Waals surface area (Å²) in [6.07, 6.45) is 1.09.